The van der Waals surface area contributed by atoms with Crippen molar-refractivity contribution >= 4 is 5.96 Å². The van der Waals surface area contributed by atoms with E-state index in [0.29, 0.717) is 0 Å². The molecule has 0 bridgehead atoms. The number of nitrogens with one attached hydrogen (secondary N) is 1. The zero-order valence-electron chi connectivity index (χ0n) is 7.30. The van der Waals surface area contributed by atoms with Crippen molar-refractivity contribution in [2.24, 2.45) is 17.6 Å². The number of rotatable bonds is 1. The average Bonchev–Trinajstić information content (AvgIpc) is 2.33. The van der Waals surface area contributed by atoms with Gasteiger partial charge in [0.2, 0.25) is 0 Å². The standard InChI is InChI=1S/C8H17N3/c1-6(2)7-3-4-11(5-7)8(9)10/h6-7H,3-5H2,1-2H3,(H3,9,10). The van der Waals surface area contributed by atoms with Crippen LogP contribution < -0.4 is 5.73 Å². The van der Waals surface area contributed by atoms with Crippen molar-refractivity contribution in [2.75, 3.05) is 13.1 Å². The molecule has 1 unspecified atom stereocenters. The lowest BCUT2D eigenvalue weighted by molar-refractivity contribution is 0.387. The zero-order chi connectivity index (χ0) is 8.43. The molecule has 1 atom stereocenters. The summed E-state index contributed by atoms with van der Waals surface area (Å²) in [5.41, 5.74) is 5.37. The maximum Gasteiger partial charge on any atom is 0.188 e. The second-order valence-electron chi connectivity index (χ2n) is 3.62. The van der Waals surface area contributed by atoms with Crippen LogP contribution >= 0.6 is 0 Å². The topological polar surface area (TPSA) is 53.1 Å². The van der Waals surface area contributed by atoms with Crippen molar-refractivity contribution in [1.82, 2.24) is 4.90 Å². The van der Waals surface area contributed by atoms with Crippen LogP contribution in [0.15, 0.2) is 0 Å². The fourth-order valence-electron chi connectivity index (χ4n) is 1.55. The first-order valence-electron chi connectivity index (χ1n) is 4.20. The quantitative estimate of drug-likeness (QED) is 0.436. The van der Waals surface area contributed by atoms with Gasteiger partial charge < -0.3 is 10.6 Å². The van der Waals surface area contributed by atoms with Crippen molar-refractivity contribution in [1.29, 1.82) is 5.41 Å². The Labute approximate surface area is 68.1 Å². The van der Waals surface area contributed by atoms with Gasteiger partial charge in [-0.3, -0.25) is 5.41 Å². The second kappa shape index (κ2) is 3.11. The third-order valence-corrected chi connectivity index (χ3v) is 2.51. The molecule has 1 aliphatic rings. The van der Waals surface area contributed by atoms with Crippen LogP contribution in [0.5, 0.6) is 0 Å². The molecule has 0 aromatic rings. The van der Waals surface area contributed by atoms with E-state index in [0.717, 1.165) is 24.9 Å². The van der Waals surface area contributed by atoms with Crippen LogP contribution in [0, 0.1) is 17.2 Å². The molecule has 3 heteroatoms. The Kier molecular flexibility index (Phi) is 2.37. The Bertz CT molecular complexity index is 153. The van der Waals surface area contributed by atoms with Crippen molar-refractivity contribution in [3.05, 3.63) is 0 Å². The van der Waals surface area contributed by atoms with E-state index in [2.05, 4.69) is 13.8 Å². The predicted octanol–water partition coefficient (Wildman–Crippen LogP) is 0.858. The first-order valence-corrected chi connectivity index (χ1v) is 4.20. The predicted molar refractivity (Wildman–Crippen MR) is 46.4 cm³/mol. The summed E-state index contributed by atoms with van der Waals surface area (Å²) in [6.45, 7) is 6.41. The second-order valence-corrected chi connectivity index (χ2v) is 3.62. The lowest BCUT2D eigenvalue weighted by Gasteiger charge is -2.17. The highest BCUT2D eigenvalue weighted by Gasteiger charge is 2.25. The Morgan fingerprint density at radius 2 is 2.27 bits per heavy atom. The van der Waals surface area contributed by atoms with Crippen LogP contribution in [0.1, 0.15) is 20.3 Å². The highest BCUT2D eigenvalue weighted by atomic mass is 15.2. The lowest BCUT2D eigenvalue weighted by atomic mass is 9.95. The molecule has 1 fully saturated rings. The third-order valence-electron chi connectivity index (χ3n) is 2.51. The molecule has 0 spiro atoms. The minimum atomic E-state index is 0.230. The van der Waals surface area contributed by atoms with E-state index in [4.69, 9.17) is 11.1 Å². The number of likely N-dealkylation sites (tertiary alicyclic amines) is 1. The summed E-state index contributed by atoms with van der Waals surface area (Å²) in [4.78, 5) is 1.95. The normalized spacial score (nSPS) is 24.6. The van der Waals surface area contributed by atoms with E-state index in [1.165, 1.54) is 6.42 Å². The summed E-state index contributed by atoms with van der Waals surface area (Å²) >= 11 is 0. The summed E-state index contributed by atoms with van der Waals surface area (Å²) in [5, 5.41) is 7.23. The number of guanidine groups is 1. The average molecular weight is 155 g/mol. The Morgan fingerprint density at radius 3 is 2.55 bits per heavy atom. The summed E-state index contributed by atoms with van der Waals surface area (Å²) in [7, 11) is 0. The summed E-state index contributed by atoms with van der Waals surface area (Å²) in [5.74, 6) is 1.69. The maximum absolute atomic E-state index is 7.23. The molecule has 3 nitrogen and oxygen atoms in total. The summed E-state index contributed by atoms with van der Waals surface area (Å²) in [6, 6.07) is 0. The molecular formula is C8H17N3. The van der Waals surface area contributed by atoms with Crippen LogP contribution in [0.2, 0.25) is 0 Å². The Balaban J connectivity index is 2.41. The van der Waals surface area contributed by atoms with Gasteiger partial charge in [0.05, 0.1) is 0 Å². The monoisotopic (exact) mass is 155 g/mol. The van der Waals surface area contributed by atoms with Gasteiger partial charge in [0.25, 0.3) is 0 Å². The highest BCUT2D eigenvalue weighted by molar-refractivity contribution is 5.74. The van der Waals surface area contributed by atoms with E-state index in [1.807, 2.05) is 4.90 Å². The fraction of sp³-hybridized carbons (Fsp3) is 0.875. The first-order chi connectivity index (χ1) is 5.11. The highest BCUT2D eigenvalue weighted by Crippen LogP contribution is 2.22. The molecule has 64 valence electrons. The molecular weight excluding hydrogens is 138 g/mol. The van der Waals surface area contributed by atoms with Crippen LogP contribution in [-0.4, -0.2) is 23.9 Å². The smallest absolute Gasteiger partial charge is 0.188 e. The van der Waals surface area contributed by atoms with Crippen LogP contribution in [0.3, 0.4) is 0 Å². The maximum atomic E-state index is 7.23. The molecule has 1 heterocycles. The van der Waals surface area contributed by atoms with E-state index in [9.17, 15) is 0 Å². The summed E-state index contributed by atoms with van der Waals surface area (Å²) in [6.07, 6.45) is 1.19. The molecule has 1 aliphatic heterocycles. The van der Waals surface area contributed by atoms with Crippen molar-refractivity contribution in [3.63, 3.8) is 0 Å². The van der Waals surface area contributed by atoms with Gasteiger partial charge in [-0.15, -0.1) is 0 Å². The van der Waals surface area contributed by atoms with Crippen LogP contribution in [0.4, 0.5) is 0 Å². The largest absolute Gasteiger partial charge is 0.370 e. The third kappa shape index (κ3) is 1.85. The molecule has 1 saturated heterocycles. The van der Waals surface area contributed by atoms with E-state index in [-0.39, 0.29) is 5.96 Å². The Hall–Kier alpha value is -0.730. The van der Waals surface area contributed by atoms with Gasteiger partial charge in [-0.25, -0.2) is 0 Å². The van der Waals surface area contributed by atoms with Gasteiger partial charge in [0, 0.05) is 13.1 Å². The van der Waals surface area contributed by atoms with Gasteiger partial charge in [-0.1, -0.05) is 13.8 Å². The molecule has 0 amide bonds. The molecule has 3 N–H and O–H groups in total. The van der Waals surface area contributed by atoms with Gasteiger partial charge in [0.1, 0.15) is 0 Å². The fourth-order valence-corrected chi connectivity index (χ4v) is 1.55. The molecule has 0 aromatic heterocycles. The van der Waals surface area contributed by atoms with Gasteiger partial charge in [0.15, 0.2) is 5.96 Å². The lowest BCUT2D eigenvalue weighted by Crippen LogP contribution is -2.34. The van der Waals surface area contributed by atoms with Crippen molar-refractivity contribution in [2.45, 2.75) is 20.3 Å². The van der Waals surface area contributed by atoms with Crippen molar-refractivity contribution < 1.29 is 0 Å². The first kappa shape index (κ1) is 8.37. The molecule has 11 heavy (non-hydrogen) atoms. The SMILES string of the molecule is CC(C)C1CCN(C(=N)N)C1. The molecule has 0 saturated carbocycles. The molecule has 1 rings (SSSR count). The molecule has 0 radical (unpaired) electrons. The molecule has 0 aliphatic carbocycles. The summed E-state index contributed by atoms with van der Waals surface area (Å²) < 4.78 is 0. The minimum absolute atomic E-state index is 0.230. The van der Waals surface area contributed by atoms with E-state index >= 15 is 0 Å². The zero-order valence-corrected chi connectivity index (χ0v) is 7.30. The van der Waals surface area contributed by atoms with Crippen LogP contribution in [-0.2, 0) is 0 Å². The number of nitrogens with two attached hydrogens (primary N) is 1. The van der Waals surface area contributed by atoms with Crippen LogP contribution in [0.25, 0.3) is 0 Å². The van der Waals surface area contributed by atoms with E-state index < -0.39 is 0 Å². The Morgan fingerprint density at radius 1 is 1.64 bits per heavy atom. The number of hydrogen-bond donors (Lipinski definition) is 2. The van der Waals surface area contributed by atoms with Gasteiger partial charge in [-0.05, 0) is 18.3 Å². The van der Waals surface area contributed by atoms with E-state index in [1.54, 1.807) is 0 Å². The van der Waals surface area contributed by atoms with Gasteiger partial charge in [-0.2, -0.15) is 0 Å². The molecule has 0 aromatic carbocycles. The minimum Gasteiger partial charge on any atom is -0.370 e. The van der Waals surface area contributed by atoms with Gasteiger partial charge >= 0.3 is 0 Å². The van der Waals surface area contributed by atoms with Crippen molar-refractivity contribution in [3.8, 4) is 0 Å². The number of nitrogens with zero attached hydrogens (tertiary/aromatic N) is 1. The number of hydrogen-bond acceptors (Lipinski definition) is 1.